The number of sulfone groups is 1. The van der Waals surface area contributed by atoms with E-state index < -0.39 is 33.7 Å². The molecule has 41 heavy (non-hydrogen) atoms. The smallest absolute Gasteiger partial charge is 0.343 e. The van der Waals surface area contributed by atoms with Gasteiger partial charge in [-0.1, -0.05) is 50.8 Å². The molecule has 3 aromatic carbocycles. The van der Waals surface area contributed by atoms with Crippen molar-refractivity contribution >= 4 is 27.7 Å². The third-order valence-corrected chi connectivity index (χ3v) is 7.42. The van der Waals surface area contributed by atoms with Crippen LogP contribution >= 0.6 is 0 Å². The lowest BCUT2D eigenvalue weighted by Crippen LogP contribution is -2.42. The predicted molar refractivity (Wildman–Crippen MR) is 154 cm³/mol. The minimum atomic E-state index is -3.53. The first-order chi connectivity index (χ1) is 19.6. The standard InChI is InChI=1S/C31H35NO8S/c1-3-4-5-6-7-19-39-25-17-13-23(14-18-25)31(36)40-26-15-11-22(12-16-26)20-28(30(34)35)32-29(33)24-9-8-10-27(21-24)41(2,37)38/h8-18,21,28H,3-7,19-20H2,1-2H3,(H,32,33)(H,34,35)/t28-/m0/s1. The van der Waals surface area contributed by atoms with Crippen molar-refractivity contribution in [1.29, 1.82) is 0 Å². The number of amides is 1. The van der Waals surface area contributed by atoms with Gasteiger partial charge < -0.3 is 19.9 Å². The molecule has 0 saturated carbocycles. The van der Waals surface area contributed by atoms with Crippen molar-refractivity contribution in [3.8, 4) is 11.5 Å². The largest absolute Gasteiger partial charge is 0.494 e. The molecule has 0 unspecified atom stereocenters. The molecule has 0 aliphatic rings. The second kappa shape index (κ2) is 15.0. The summed E-state index contributed by atoms with van der Waals surface area (Å²) < 4.78 is 34.7. The molecule has 0 fully saturated rings. The maximum Gasteiger partial charge on any atom is 0.343 e. The molecule has 1 atom stereocenters. The second-order valence-corrected chi connectivity index (χ2v) is 11.7. The highest BCUT2D eigenvalue weighted by Crippen LogP contribution is 2.18. The first kappa shape index (κ1) is 31.3. The Bertz CT molecular complexity index is 1430. The Morgan fingerprint density at radius 2 is 1.51 bits per heavy atom. The summed E-state index contributed by atoms with van der Waals surface area (Å²) in [5.74, 6) is -1.55. The molecule has 10 heteroatoms. The van der Waals surface area contributed by atoms with Crippen LogP contribution in [0.1, 0.15) is 65.3 Å². The summed E-state index contributed by atoms with van der Waals surface area (Å²) in [6, 6.07) is 17.1. The molecule has 2 N–H and O–H groups in total. The van der Waals surface area contributed by atoms with Gasteiger partial charge in [-0.2, -0.15) is 0 Å². The van der Waals surface area contributed by atoms with E-state index in [0.717, 1.165) is 19.1 Å². The minimum Gasteiger partial charge on any atom is -0.494 e. The Labute approximate surface area is 240 Å². The number of esters is 1. The van der Waals surface area contributed by atoms with Crippen LogP contribution in [0.4, 0.5) is 0 Å². The number of hydrogen-bond acceptors (Lipinski definition) is 7. The lowest BCUT2D eigenvalue weighted by atomic mass is 10.1. The summed E-state index contributed by atoms with van der Waals surface area (Å²) in [6.45, 7) is 2.80. The van der Waals surface area contributed by atoms with E-state index in [2.05, 4.69) is 12.2 Å². The van der Waals surface area contributed by atoms with E-state index in [-0.39, 0.29) is 22.6 Å². The van der Waals surface area contributed by atoms with Crippen molar-refractivity contribution in [2.45, 2.75) is 56.4 Å². The van der Waals surface area contributed by atoms with Crippen molar-refractivity contribution < 1.29 is 37.4 Å². The maximum absolute atomic E-state index is 12.6. The maximum atomic E-state index is 12.6. The number of unbranched alkanes of at least 4 members (excludes halogenated alkanes) is 4. The summed E-state index contributed by atoms with van der Waals surface area (Å²) in [6.07, 6.45) is 6.72. The van der Waals surface area contributed by atoms with Crippen LogP contribution in [-0.2, 0) is 21.1 Å². The molecule has 0 spiro atoms. The van der Waals surface area contributed by atoms with Crippen LogP contribution in [0.2, 0.25) is 0 Å². The number of rotatable bonds is 15. The van der Waals surface area contributed by atoms with Gasteiger partial charge in [0.05, 0.1) is 17.1 Å². The average Bonchev–Trinajstić information content (AvgIpc) is 2.95. The van der Waals surface area contributed by atoms with Gasteiger partial charge >= 0.3 is 11.9 Å². The van der Waals surface area contributed by atoms with Gasteiger partial charge in [-0.05, 0) is 66.6 Å². The summed E-state index contributed by atoms with van der Waals surface area (Å²) in [4.78, 5) is 37.0. The number of nitrogens with one attached hydrogen (secondary N) is 1. The van der Waals surface area contributed by atoms with Gasteiger partial charge in [0.15, 0.2) is 9.84 Å². The Balaban J connectivity index is 1.54. The molecule has 0 aliphatic heterocycles. The number of carbonyl (C=O) groups excluding carboxylic acids is 2. The number of benzene rings is 3. The van der Waals surface area contributed by atoms with Crippen LogP contribution in [0, 0.1) is 0 Å². The van der Waals surface area contributed by atoms with E-state index in [1.807, 2.05) is 0 Å². The van der Waals surface area contributed by atoms with Crippen LogP contribution in [0.5, 0.6) is 11.5 Å². The normalized spacial score (nSPS) is 11.9. The van der Waals surface area contributed by atoms with Crippen LogP contribution < -0.4 is 14.8 Å². The van der Waals surface area contributed by atoms with E-state index in [1.165, 1.54) is 43.5 Å². The quantitative estimate of drug-likeness (QED) is 0.144. The first-order valence-corrected chi connectivity index (χ1v) is 15.3. The summed E-state index contributed by atoms with van der Waals surface area (Å²) >= 11 is 0. The number of carboxylic acid groups (broad SMARTS) is 1. The number of carboxylic acids is 1. The lowest BCUT2D eigenvalue weighted by molar-refractivity contribution is -0.139. The van der Waals surface area contributed by atoms with Crippen LogP contribution in [0.15, 0.2) is 77.7 Å². The zero-order valence-corrected chi connectivity index (χ0v) is 24.0. The van der Waals surface area contributed by atoms with Gasteiger partial charge in [0, 0.05) is 18.2 Å². The number of ether oxygens (including phenoxy) is 2. The molecular weight excluding hydrogens is 546 g/mol. The molecule has 3 aromatic rings. The minimum absolute atomic E-state index is 0.0310. The topological polar surface area (TPSA) is 136 Å². The molecule has 3 rings (SSSR count). The van der Waals surface area contributed by atoms with E-state index in [9.17, 15) is 27.9 Å². The molecule has 0 aliphatic carbocycles. The monoisotopic (exact) mass is 581 g/mol. The molecule has 218 valence electrons. The van der Waals surface area contributed by atoms with E-state index in [4.69, 9.17) is 9.47 Å². The van der Waals surface area contributed by atoms with Gasteiger partial charge in [-0.25, -0.2) is 18.0 Å². The summed E-state index contributed by atoms with van der Waals surface area (Å²) in [5.41, 5.74) is 0.972. The average molecular weight is 582 g/mol. The third kappa shape index (κ3) is 10.1. The number of hydrogen-bond donors (Lipinski definition) is 2. The fourth-order valence-corrected chi connectivity index (χ4v) is 4.65. The highest BCUT2D eigenvalue weighted by Gasteiger charge is 2.22. The van der Waals surface area contributed by atoms with Crippen molar-refractivity contribution in [3.05, 3.63) is 89.5 Å². The Morgan fingerprint density at radius 3 is 2.15 bits per heavy atom. The third-order valence-electron chi connectivity index (χ3n) is 6.31. The highest BCUT2D eigenvalue weighted by atomic mass is 32.2. The highest BCUT2D eigenvalue weighted by molar-refractivity contribution is 7.90. The summed E-state index contributed by atoms with van der Waals surface area (Å²) in [5, 5.41) is 12.1. The van der Waals surface area contributed by atoms with Crippen LogP contribution in [0.25, 0.3) is 0 Å². The van der Waals surface area contributed by atoms with E-state index in [0.29, 0.717) is 23.5 Å². The van der Waals surface area contributed by atoms with Crippen molar-refractivity contribution in [1.82, 2.24) is 5.32 Å². The van der Waals surface area contributed by atoms with Gasteiger partial charge in [-0.3, -0.25) is 4.79 Å². The van der Waals surface area contributed by atoms with Gasteiger partial charge in [0.25, 0.3) is 5.91 Å². The molecular formula is C31H35NO8S. The van der Waals surface area contributed by atoms with Crippen LogP contribution in [0.3, 0.4) is 0 Å². The molecule has 9 nitrogen and oxygen atoms in total. The van der Waals surface area contributed by atoms with E-state index >= 15 is 0 Å². The predicted octanol–water partition coefficient (Wildman–Crippen LogP) is 5.08. The molecule has 0 saturated heterocycles. The number of aliphatic carboxylic acids is 1. The van der Waals surface area contributed by atoms with Gasteiger partial charge in [-0.15, -0.1) is 0 Å². The Kier molecular flexibility index (Phi) is 11.5. The fourth-order valence-electron chi connectivity index (χ4n) is 3.99. The van der Waals surface area contributed by atoms with Crippen molar-refractivity contribution in [2.75, 3.05) is 12.9 Å². The molecule has 0 radical (unpaired) electrons. The Hall–Kier alpha value is -4.18. The lowest BCUT2D eigenvalue weighted by Gasteiger charge is -2.15. The molecule has 0 heterocycles. The summed E-state index contributed by atoms with van der Waals surface area (Å²) in [7, 11) is -3.53. The molecule has 0 aromatic heterocycles. The zero-order valence-electron chi connectivity index (χ0n) is 23.2. The SMILES string of the molecule is CCCCCCCOc1ccc(C(=O)Oc2ccc(C[C@H](NC(=O)c3cccc(S(C)(=O)=O)c3)C(=O)O)cc2)cc1. The van der Waals surface area contributed by atoms with E-state index in [1.54, 1.807) is 48.5 Å². The second-order valence-electron chi connectivity index (χ2n) is 9.69. The van der Waals surface area contributed by atoms with Crippen molar-refractivity contribution in [2.24, 2.45) is 0 Å². The molecule has 1 amide bonds. The van der Waals surface area contributed by atoms with Crippen LogP contribution in [-0.4, -0.2) is 50.3 Å². The Morgan fingerprint density at radius 1 is 0.854 bits per heavy atom. The zero-order chi connectivity index (χ0) is 29.8. The van der Waals surface area contributed by atoms with Gasteiger partial charge in [0.1, 0.15) is 17.5 Å². The fraction of sp³-hybridized carbons (Fsp3) is 0.323. The number of carbonyl (C=O) groups is 3. The van der Waals surface area contributed by atoms with Gasteiger partial charge in [0.2, 0.25) is 0 Å². The first-order valence-electron chi connectivity index (χ1n) is 13.4. The molecule has 0 bridgehead atoms. The van der Waals surface area contributed by atoms with Crippen molar-refractivity contribution in [3.63, 3.8) is 0 Å².